The van der Waals surface area contributed by atoms with Crippen molar-refractivity contribution < 1.29 is 8.42 Å². The van der Waals surface area contributed by atoms with E-state index in [1.807, 2.05) is 23.9 Å². The van der Waals surface area contributed by atoms with Gasteiger partial charge in [0, 0.05) is 29.0 Å². The second-order valence-electron chi connectivity index (χ2n) is 4.52. The summed E-state index contributed by atoms with van der Waals surface area (Å²) in [5.74, 6) is 1.12. The molecule has 0 saturated carbocycles. The SMILES string of the molecule is CC1CC(Nc2ccc(S(C)(=O)=O)cc2)CS1. The minimum absolute atomic E-state index is 0.372. The van der Waals surface area contributed by atoms with E-state index in [4.69, 9.17) is 0 Å². The summed E-state index contributed by atoms with van der Waals surface area (Å²) in [4.78, 5) is 0.372. The van der Waals surface area contributed by atoms with Crippen molar-refractivity contribution in [2.75, 3.05) is 17.3 Å². The van der Waals surface area contributed by atoms with Crippen molar-refractivity contribution in [1.82, 2.24) is 0 Å². The minimum Gasteiger partial charge on any atom is -0.381 e. The van der Waals surface area contributed by atoms with Crippen molar-refractivity contribution in [3.05, 3.63) is 24.3 Å². The minimum atomic E-state index is -3.09. The Bertz CT molecular complexity index is 482. The number of sulfone groups is 1. The maximum Gasteiger partial charge on any atom is 0.175 e. The van der Waals surface area contributed by atoms with Crippen LogP contribution in [0.2, 0.25) is 0 Å². The molecule has 94 valence electrons. The summed E-state index contributed by atoms with van der Waals surface area (Å²) in [5.41, 5.74) is 0.997. The monoisotopic (exact) mass is 271 g/mol. The third-order valence-electron chi connectivity index (χ3n) is 2.85. The maximum absolute atomic E-state index is 11.3. The molecule has 0 radical (unpaired) electrons. The fraction of sp³-hybridized carbons (Fsp3) is 0.500. The van der Waals surface area contributed by atoms with Crippen LogP contribution in [0.5, 0.6) is 0 Å². The number of nitrogens with one attached hydrogen (secondary N) is 1. The Morgan fingerprint density at radius 1 is 1.29 bits per heavy atom. The first kappa shape index (κ1) is 12.8. The van der Waals surface area contributed by atoms with Gasteiger partial charge >= 0.3 is 0 Å². The Kier molecular flexibility index (Phi) is 3.68. The average Bonchev–Trinajstić information content (AvgIpc) is 2.63. The molecular formula is C12H17NO2S2. The van der Waals surface area contributed by atoms with Crippen LogP contribution in [0, 0.1) is 0 Å². The van der Waals surface area contributed by atoms with Gasteiger partial charge in [-0.05, 0) is 30.7 Å². The molecule has 0 aliphatic carbocycles. The first-order chi connectivity index (χ1) is 7.95. The highest BCUT2D eigenvalue weighted by molar-refractivity contribution is 8.00. The predicted octanol–water partition coefficient (Wildman–Crippen LogP) is 2.40. The molecule has 1 aromatic rings. The molecule has 1 heterocycles. The number of hydrogen-bond donors (Lipinski definition) is 1. The second kappa shape index (κ2) is 4.90. The van der Waals surface area contributed by atoms with Gasteiger partial charge in [0.1, 0.15) is 0 Å². The molecule has 2 unspecified atom stereocenters. The van der Waals surface area contributed by atoms with Gasteiger partial charge in [0.15, 0.2) is 9.84 Å². The van der Waals surface area contributed by atoms with Gasteiger partial charge in [0.2, 0.25) is 0 Å². The van der Waals surface area contributed by atoms with E-state index in [1.165, 1.54) is 12.7 Å². The molecule has 1 aliphatic rings. The number of rotatable bonds is 3. The summed E-state index contributed by atoms with van der Waals surface area (Å²) in [7, 11) is -3.09. The number of benzene rings is 1. The number of thioether (sulfide) groups is 1. The molecule has 0 aromatic heterocycles. The molecule has 3 nitrogen and oxygen atoms in total. The largest absolute Gasteiger partial charge is 0.381 e. The molecular weight excluding hydrogens is 254 g/mol. The third kappa shape index (κ3) is 3.39. The van der Waals surface area contributed by atoms with Gasteiger partial charge in [0.05, 0.1) is 4.90 Å². The first-order valence-electron chi connectivity index (χ1n) is 5.63. The van der Waals surface area contributed by atoms with E-state index in [-0.39, 0.29) is 0 Å². The molecule has 1 fully saturated rings. The molecule has 0 amide bonds. The van der Waals surface area contributed by atoms with Gasteiger partial charge in [-0.2, -0.15) is 11.8 Å². The fourth-order valence-corrected chi connectivity index (χ4v) is 3.73. The van der Waals surface area contributed by atoms with Crippen molar-refractivity contribution in [2.45, 2.75) is 29.5 Å². The van der Waals surface area contributed by atoms with Crippen LogP contribution in [-0.4, -0.2) is 31.7 Å². The van der Waals surface area contributed by atoms with Gasteiger partial charge in [-0.1, -0.05) is 6.92 Å². The lowest BCUT2D eigenvalue weighted by molar-refractivity contribution is 0.602. The molecule has 0 spiro atoms. The Hall–Kier alpha value is -0.680. The third-order valence-corrected chi connectivity index (χ3v) is 5.34. The lowest BCUT2D eigenvalue weighted by atomic mass is 10.2. The Morgan fingerprint density at radius 2 is 1.94 bits per heavy atom. The molecule has 1 aromatic carbocycles. The summed E-state index contributed by atoms with van der Waals surface area (Å²) in [6.07, 6.45) is 2.39. The zero-order valence-corrected chi connectivity index (χ0v) is 11.6. The highest BCUT2D eigenvalue weighted by Crippen LogP contribution is 2.28. The average molecular weight is 271 g/mol. The van der Waals surface area contributed by atoms with E-state index in [0.717, 1.165) is 11.4 Å². The normalized spacial score (nSPS) is 24.8. The van der Waals surface area contributed by atoms with Crippen molar-refractivity contribution in [1.29, 1.82) is 0 Å². The zero-order chi connectivity index (χ0) is 12.5. The topological polar surface area (TPSA) is 46.2 Å². The van der Waals surface area contributed by atoms with Crippen LogP contribution >= 0.6 is 11.8 Å². The molecule has 1 aliphatic heterocycles. The van der Waals surface area contributed by atoms with Crippen LogP contribution in [0.3, 0.4) is 0 Å². The molecule has 0 bridgehead atoms. The van der Waals surface area contributed by atoms with Crippen molar-refractivity contribution in [3.8, 4) is 0 Å². The van der Waals surface area contributed by atoms with E-state index >= 15 is 0 Å². The van der Waals surface area contributed by atoms with E-state index in [0.29, 0.717) is 16.2 Å². The van der Waals surface area contributed by atoms with Crippen molar-refractivity contribution in [2.24, 2.45) is 0 Å². The maximum atomic E-state index is 11.3. The summed E-state index contributed by atoms with van der Waals surface area (Å²) in [5, 5.41) is 4.15. The van der Waals surface area contributed by atoms with Gasteiger partial charge in [0.25, 0.3) is 0 Å². The number of hydrogen-bond acceptors (Lipinski definition) is 4. The predicted molar refractivity (Wildman–Crippen MR) is 73.5 cm³/mol. The van der Waals surface area contributed by atoms with Crippen molar-refractivity contribution in [3.63, 3.8) is 0 Å². The van der Waals surface area contributed by atoms with Crippen LogP contribution in [0.15, 0.2) is 29.2 Å². The van der Waals surface area contributed by atoms with E-state index in [1.54, 1.807) is 12.1 Å². The van der Waals surface area contributed by atoms with E-state index in [9.17, 15) is 8.42 Å². The van der Waals surface area contributed by atoms with Crippen LogP contribution in [0.1, 0.15) is 13.3 Å². The van der Waals surface area contributed by atoms with E-state index in [2.05, 4.69) is 12.2 Å². The lowest BCUT2D eigenvalue weighted by Crippen LogP contribution is -2.18. The summed E-state index contributed by atoms with van der Waals surface area (Å²) < 4.78 is 22.6. The van der Waals surface area contributed by atoms with Gasteiger partial charge in [-0.3, -0.25) is 0 Å². The Balaban J connectivity index is 2.04. The standard InChI is InChI=1S/C12H17NO2S2/c1-9-7-11(8-16-9)13-10-3-5-12(6-4-10)17(2,14)15/h3-6,9,11,13H,7-8H2,1-2H3. The molecule has 2 atom stereocenters. The summed E-state index contributed by atoms with van der Waals surface area (Å²) in [6.45, 7) is 2.24. The fourth-order valence-electron chi connectivity index (χ4n) is 1.95. The molecule has 2 rings (SSSR count). The summed E-state index contributed by atoms with van der Waals surface area (Å²) >= 11 is 1.97. The highest BCUT2D eigenvalue weighted by atomic mass is 32.2. The van der Waals surface area contributed by atoms with Crippen LogP contribution in [0.4, 0.5) is 5.69 Å². The lowest BCUT2D eigenvalue weighted by Gasteiger charge is -2.13. The van der Waals surface area contributed by atoms with Gasteiger partial charge in [-0.15, -0.1) is 0 Å². The van der Waals surface area contributed by atoms with Crippen LogP contribution in [0.25, 0.3) is 0 Å². The molecule has 17 heavy (non-hydrogen) atoms. The second-order valence-corrected chi connectivity index (χ2v) is 8.00. The zero-order valence-electron chi connectivity index (χ0n) is 10.0. The highest BCUT2D eigenvalue weighted by Gasteiger charge is 2.21. The Labute approximate surface area is 107 Å². The van der Waals surface area contributed by atoms with Crippen molar-refractivity contribution >= 4 is 27.3 Å². The molecule has 1 saturated heterocycles. The quantitative estimate of drug-likeness (QED) is 0.917. The smallest absolute Gasteiger partial charge is 0.175 e. The van der Waals surface area contributed by atoms with Gasteiger partial charge in [-0.25, -0.2) is 8.42 Å². The van der Waals surface area contributed by atoms with Crippen LogP contribution in [-0.2, 0) is 9.84 Å². The van der Waals surface area contributed by atoms with Gasteiger partial charge < -0.3 is 5.32 Å². The first-order valence-corrected chi connectivity index (χ1v) is 8.57. The Morgan fingerprint density at radius 3 is 2.41 bits per heavy atom. The summed E-state index contributed by atoms with van der Waals surface area (Å²) in [6, 6.07) is 7.49. The number of anilines is 1. The molecule has 1 N–H and O–H groups in total. The van der Waals surface area contributed by atoms with E-state index < -0.39 is 9.84 Å². The van der Waals surface area contributed by atoms with Crippen LogP contribution < -0.4 is 5.32 Å². The molecule has 5 heteroatoms.